The molecule has 3 N–H and O–H groups in total. The minimum Gasteiger partial charge on any atom is -0.354 e. The molecular formula is C31H44N4O2. The van der Waals surface area contributed by atoms with Crippen molar-refractivity contribution in [1.82, 2.24) is 15.1 Å². The molecule has 1 aliphatic carbocycles. The van der Waals surface area contributed by atoms with Crippen LogP contribution >= 0.6 is 0 Å². The molecule has 0 aromatic heterocycles. The Kier molecular flexibility index (Phi) is 9.75. The van der Waals surface area contributed by atoms with E-state index in [1.165, 1.54) is 29.5 Å². The van der Waals surface area contributed by atoms with Gasteiger partial charge in [-0.2, -0.15) is 0 Å². The minimum absolute atomic E-state index is 0.00790. The van der Waals surface area contributed by atoms with Crippen LogP contribution in [0.15, 0.2) is 54.6 Å². The van der Waals surface area contributed by atoms with Crippen molar-refractivity contribution in [2.75, 3.05) is 26.2 Å². The highest BCUT2D eigenvalue weighted by molar-refractivity contribution is 5.87. The molecule has 2 aromatic rings. The normalized spacial score (nSPS) is 23.8. The van der Waals surface area contributed by atoms with Gasteiger partial charge in [0.1, 0.15) is 6.04 Å². The molecular weight excluding hydrogens is 460 g/mol. The van der Waals surface area contributed by atoms with Gasteiger partial charge in [0.15, 0.2) is 0 Å². The monoisotopic (exact) mass is 504 g/mol. The highest BCUT2D eigenvalue weighted by Gasteiger charge is 2.40. The average molecular weight is 505 g/mol. The number of rotatable bonds is 10. The van der Waals surface area contributed by atoms with Crippen LogP contribution in [0.25, 0.3) is 0 Å². The van der Waals surface area contributed by atoms with Gasteiger partial charge in [-0.1, -0.05) is 61.0 Å². The van der Waals surface area contributed by atoms with Crippen molar-refractivity contribution in [3.8, 4) is 0 Å². The van der Waals surface area contributed by atoms with Gasteiger partial charge in [-0.15, -0.1) is 0 Å². The molecule has 200 valence electrons. The standard InChI is InChI=1S/C31H44N4O2/c1-23-9-6-7-14-28(23)21-34(16-15-25-10-4-3-5-11-25)29-18-30(35(22-29)24(2)36)31(37)33-20-27-13-8-12-26(17-27)19-32/h3-7,9-11,14,26-27,29-30H,8,12-13,15-22,32H2,1-2H3,(H,33,37). The van der Waals surface area contributed by atoms with Crippen LogP contribution in [0.2, 0.25) is 0 Å². The molecule has 2 amide bonds. The fourth-order valence-electron chi connectivity index (χ4n) is 6.15. The van der Waals surface area contributed by atoms with Gasteiger partial charge < -0.3 is 16.0 Å². The number of amides is 2. The first-order chi connectivity index (χ1) is 17.9. The van der Waals surface area contributed by atoms with Crippen molar-refractivity contribution in [3.05, 3.63) is 71.3 Å². The summed E-state index contributed by atoms with van der Waals surface area (Å²) in [5.41, 5.74) is 9.77. The zero-order valence-corrected chi connectivity index (χ0v) is 22.6. The molecule has 4 rings (SSSR count). The maximum absolute atomic E-state index is 13.4. The van der Waals surface area contributed by atoms with Crippen LogP contribution in [0.4, 0.5) is 0 Å². The average Bonchev–Trinajstić information content (AvgIpc) is 3.37. The number of hydrogen-bond donors (Lipinski definition) is 2. The summed E-state index contributed by atoms with van der Waals surface area (Å²) in [7, 11) is 0. The lowest BCUT2D eigenvalue weighted by Gasteiger charge is -2.29. The second kappa shape index (κ2) is 13.2. The quantitative estimate of drug-likeness (QED) is 0.514. The van der Waals surface area contributed by atoms with Crippen molar-refractivity contribution in [3.63, 3.8) is 0 Å². The van der Waals surface area contributed by atoms with Crippen LogP contribution in [0.1, 0.15) is 55.7 Å². The van der Waals surface area contributed by atoms with Crippen LogP contribution in [0.5, 0.6) is 0 Å². The van der Waals surface area contributed by atoms with Gasteiger partial charge in [-0.25, -0.2) is 0 Å². The van der Waals surface area contributed by atoms with Gasteiger partial charge in [-0.3, -0.25) is 14.5 Å². The number of likely N-dealkylation sites (tertiary alicyclic amines) is 1. The second-order valence-electron chi connectivity index (χ2n) is 11.1. The van der Waals surface area contributed by atoms with E-state index in [0.717, 1.165) is 38.9 Å². The summed E-state index contributed by atoms with van der Waals surface area (Å²) < 4.78 is 0. The highest BCUT2D eigenvalue weighted by Crippen LogP contribution is 2.29. The molecule has 6 heteroatoms. The van der Waals surface area contributed by atoms with Gasteiger partial charge in [0, 0.05) is 39.1 Å². The highest BCUT2D eigenvalue weighted by atomic mass is 16.2. The molecule has 1 heterocycles. The first-order valence-corrected chi connectivity index (χ1v) is 14.0. The Balaban J connectivity index is 1.44. The van der Waals surface area contributed by atoms with E-state index in [2.05, 4.69) is 65.7 Å². The number of benzene rings is 2. The summed E-state index contributed by atoms with van der Waals surface area (Å²) in [5, 5.41) is 3.21. The SMILES string of the molecule is CC(=O)N1CC(N(CCc2ccccc2)Cc2ccccc2C)CC1C(=O)NCC1CCCC(CN)C1. The Hall–Kier alpha value is -2.70. The van der Waals surface area contributed by atoms with Crippen LogP contribution < -0.4 is 11.1 Å². The predicted molar refractivity (Wildman–Crippen MR) is 149 cm³/mol. The maximum atomic E-state index is 13.4. The van der Waals surface area contributed by atoms with Crippen molar-refractivity contribution in [2.24, 2.45) is 17.6 Å². The Morgan fingerprint density at radius 1 is 1.03 bits per heavy atom. The summed E-state index contributed by atoms with van der Waals surface area (Å²) in [4.78, 5) is 30.3. The van der Waals surface area contributed by atoms with Crippen molar-refractivity contribution in [2.45, 2.75) is 71.0 Å². The van der Waals surface area contributed by atoms with Crippen LogP contribution in [0.3, 0.4) is 0 Å². The molecule has 0 radical (unpaired) electrons. The van der Waals surface area contributed by atoms with E-state index < -0.39 is 6.04 Å². The lowest BCUT2D eigenvalue weighted by atomic mass is 9.81. The fraction of sp³-hybridized carbons (Fsp3) is 0.548. The molecule has 2 fully saturated rings. The summed E-state index contributed by atoms with van der Waals surface area (Å²) in [6.45, 7) is 7.43. The number of carbonyl (C=O) groups is 2. The third-order valence-corrected chi connectivity index (χ3v) is 8.46. The van der Waals surface area contributed by atoms with Gasteiger partial charge in [0.25, 0.3) is 0 Å². The van der Waals surface area contributed by atoms with Crippen LogP contribution in [-0.4, -0.2) is 59.9 Å². The van der Waals surface area contributed by atoms with E-state index in [1.54, 1.807) is 11.8 Å². The largest absolute Gasteiger partial charge is 0.354 e. The molecule has 1 aliphatic heterocycles. The van der Waals surface area contributed by atoms with E-state index in [9.17, 15) is 9.59 Å². The van der Waals surface area contributed by atoms with Gasteiger partial charge in [0.05, 0.1) is 0 Å². The number of aryl methyl sites for hydroxylation is 1. The summed E-state index contributed by atoms with van der Waals surface area (Å²) in [5.74, 6) is 1.02. The molecule has 4 atom stereocenters. The molecule has 2 aromatic carbocycles. The van der Waals surface area contributed by atoms with Crippen molar-refractivity contribution >= 4 is 11.8 Å². The van der Waals surface area contributed by atoms with E-state index in [0.29, 0.717) is 31.3 Å². The lowest BCUT2D eigenvalue weighted by Crippen LogP contribution is -2.46. The second-order valence-corrected chi connectivity index (χ2v) is 11.1. The first-order valence-electron chi connectivity index (χ1n) is 14.0. The topological polar surface area (TPSA) is 78.7 Å². The molecule has 37 heavy (non-hydrogen) atoms. The first kappa shape index (κ1) is 27.3. The molecule has 2 aliphatic rings. The van der Waals surface area contributed by atoms with Gasteiger partial charge in [-0.05, 0) is 74.1 Å². The van der Waals surface area contributed by atoms with Crippen molar-refractivity contribution in [1.29, 1.82) is 0 Å². The Bertz CT molecular complexity index is 1030. The van der Waals surface area contributed by atoms with Crippen LogP contribution in [-0.2, 0) is 22.6 Å². The lowest BCUT2D eigenvalue weighted by molar-refractivity contribution is -0.137. The molecule has 6 nitrogen and oxygen atoms in total. The zero-order chi connectivity index (χ0) is 26.2. The fourth-order valence-corrected chi connectivity index (χ4v) is 6.15. The molecule has 1 saturated heterocycles. The Labute approximate surface area is 222 Å². The zero-order valence-electron chi connectivity index (χ0n) is 22.6. The Morgan fingerprint density at radius 2 is 1.76 bits per heavy atom. The van der Waals surface area contributed by atoms with E-state index >= 15 is 0 Å². The Morgan fingerprint density at radius 3 is 2.49 bits per heavy atom. The molecule has 0 bridgehead atoms. The minimum atomic E-state index is -0.410. The number of nitrogens with one attached hydrogen (secondary N) is 1. The third-order valence-electron chi connectivity index (χ3n) is 8.46. The number of hydrogen-bond acceptors (Lipinski definition) is 4. The summed E-state index contributed by atoms with van der Waals surface area (Å²) in [6.07, 6.45) is 6.21. The summed E-state index contributed by atoms with van der Waals surface area (Å²) >= 11 is 0. The van der Waals surface area contributed by atoms with E-state index in [1.807, 2.05) is 6.07 Å². The van der Waals surface area contributed by atoms with Crippen LogP contribution in [0, 0.1) is 18.8 Å². The number of carbonyl (C=O) groups excluding carboxylic acids is 2. The predicted octanol–water partition coefficient (Wildman–Crippen LogP) is 3.91. The summed E-state index contributed by atoms with van der Waals surface area (Å²) in [6, 6.07) is 18.8. The van der Waals surface area contributed by atoms with Gasteiger partial charge >= 0.3 is 0 Å². The van der Waals surface area contributed by atoms with E-state index in [4.69, 9.17) is 5.73 Å². The molecule has 0 spiro atoms. The number of nitrogens with two attached hydrogens (primary N) is 1. The van der Waals surface area contributed by atoms with Gasteiger partial charge in [0.2, 0.25) is 11.8 Å². The maximum Gasteiger partial charge on any atom is 0.242 e. The molecule has 4 unspecified atom stereocenters. The smallest absolute Gasteiger partial charge is 0.242 e. The molecule has 1 saturated carbocycles. The van der Waals surface area contributed by atoms with E-state index in [-0.39, 0.29) is 17.9 Å². The number of nitrogens with zero attached hydrogens (tertiary/aromatic N) is 2. The van der Waals surface area contributed by atoms with Crippen molar-refractivity contribution < 1.29 is 9.59 Å². The third kappa shape index (κ3) is 7.42.